The van der Waals surface area contributed by atoms with Crippen molar-refractivity contribution in [2.24, 2.45) is 17.3 Å². The van der Waals surface area contributed by atoms with Crippen molar-refractivity contribution in [1.82, 2.24) is 15.1 Å². The number of amides is 2. The molecule has 1 N–H and O–H groups in total. The number of nitrogens with one attached hydrogen (secondary N) is 1. The SMILES string of the molecule is O=C(C1CCN(C(=O)[C@@]23CCCC[C@H]2CNC3)CC1)N1CCCCC1. The van der Waals surface area contributed by atoms with E-state index in [0.717, 1.165) is 71.4 Å². The molecule has 140 valence electrons. The van der Waals surface area contributed by atoms with Gasteiger partial charge in [-0.3, -0.25) is 9.59 Å². The van der Waals surface area contributed by atoms with Crippen LogP contribution in [0.2, 0.25) is 0 Å². The first-order valence-electron chi connectivity index (χ1n) is 10.5. The second-order valence-electron chi connectivity index (χ2n) is 8.68. The minimum atomic E-state index is -0.137. The summed E-state index contributed by atoms with van der Waals surface area (Å²) in [7, 11) is 0. The molecule has 0 spiro atoms. The molecule has 5 nitrogen and oxygen atoms in total. The Morgan fingerprint density at radius 3 is 2.36 bits per heavy atom. The Hall–Kier alpha value is -1.10. The molecule has 2 atom stereocenters. The summed E-state index contributed by atoms with van der Waals surface area (Å²) in [5.41, 5.74) is -0.137. The molecule has 1 aliphatic carbocycles. The zero-order valence-corrected chi connectivity index (χ0v) is 15.5. The highest BCUT2D eigenvalue weighted by Gasteiger charge is 2.51. The Labute approximate surface area is 151 Å². The van der Waals surface area contributed by atoms with Crippen molar-refractivity contribution < 1.29 is 9.59 Å². The lowest BCUT2D eigenvalue weighted by atomic mass is 9.67. The molecule has 4 aliphatic rings. The van der Waals surface area contributed by atoms with Gasteiger partial charge in [0.05, 0.1) is 5.41 Å². The molecule has 0 unspecified atom stereocenters. The molecule has 0 bridgehead atoms. The van der Waals surface area contributed by atoms with Crippen molar-refractivity contribution in [1.29, 1.82) is 0 Å². The Morgan fingerprint density at radius 2 is 1.60 bits per heavy atom. The van der Waals surface area contributed by atoms with E-state index in [-0.39, 0.29) is 11.3 Å². The topological polar surface area (TPSA) is 52.7 Å². The molecular formula is C20H33N3O2. The monoisotopic (exact) mass is 347 g/mol. The maximum Gasteiger partial charge on any atom is 0.230 e. The number of carbonyl (C=O) groups excluding carboxylic acids is 2. The third-order valence-corrected chi connectivity index (χ3v) is 7.26. The van der Waals surface area contributed by atoms with Gasteiger partial charge in [-0.15, -0.1) is 0 Å². The van der Waals surface area contributed by atoms with Crippen molar-refractivity contribution in [3.05, 3.63) is 0 Å². The van der Waals surface area contributed by atoms with E-state index in [9.17, 15) is 9.59 Å². The van der Waals surface area contributed by atoms with Gasteiger partial charge in [-0.25, -0.2) is 0 Å². The summed E-state index contributed by atoms with van der Waals surface area (Å²) >= 11 is 0. The third-order valence-electron chi connectivity index (χ3n) is 7.26. The molecule has 1 saturated carbocycles. The van der Waals surface area contributed by atoms with E-state index in [4.69, 9.17) is 0 Å². The molecule has 25 heavy (non-hydrogen) atoms. The average Bonchev–Trinajstić information content (AvgIpc) is 3.13. The predicted octanol–water partition coefficient (Wildman–Crippen LogP) is 2.02. The number of carbonyl (C=O) groups is 2. The fourth-order valence-electron chi connectivity index (χ4n) is 5.69. The number of rotatable bonds is 2. The smallest absolute Gasteiger partial charge is 0.230 e. The normalized spacial score (nSPS) is 34.0. The standard InChI is InChI=1S/C20H33N3O2/c24-18(22-10-4-1-5-11-22)16-7-12-23(13-8-16)19(25)20-9-3-2-6-17(20)14-21-15-20/h16-17,21H,1-15H2/t17-,20+/m0/s1. The van der Waals surface area contributed by atoms with Gasteiger partial charge in [0.1, 0.15) is 0 Å². The van der Waals surface area contributed by atoms with Crippen LogP contribution in [0.4, 0.5) is 0 Å². The summed E-state index contributed by atoms with van der Waals surface area (Å²) in [6, 6.07) is 0. The summed E-state index contributed by atoms with van der Waals surface area (Å²) in [5.74, 6) is 1.40. The van der Waals surface area contributed by atoms with Gasteiger partial charge < -0.3 is 15.1 Å². The molecule has 0 aromatic heterocycles. The Morgan fingerprint density at radius 1 is 0.840 bits per heavy atom. The molecule has 3 aliphatic heterocycles. The highest BCUT2D eigenvalue weighted by atomic mass is 16.2. The first-order chi connectivity index (χ1) is 12.2. The van der Waals surface area contributed by atoms with Gasteiger partial charge >= 0.3 is 0 Å². The van der Waals surface area contributed by atoms with Crippen molar-refractivity contribution >= 4 is 11.8 Å². The van der Waals surface area contributed by atoms with Crippen LogP contribution in [-0.4, -0.2) is 60.9 Å². The van der Waals surface area contributed by atoms with Gasteiger partial charge in [-0.1, -0.05) is 12.8 Å². The van der Waals surface area contributed by atoms with Gasteiger partial charge in [0, 0.05) is 38.6 Å². The summed E-state index contributed by atoms with van der Waals surface area (Å²) in [4.78, 5) is 30.2. The number of piperidine rings is 2. The second kappa shape index (κ2) is 7.26. The van der Waals surface area contributed by atoms with E-state index in [0.29, 0.717) is 17.7 Å². The van der Waals surface area contributed by atoms with Gasteiger partial charge in [0.25, 0.3) is 0 Å². The first-order valence-corrected chi connectivity index (χ1v) is 10.5. The maximum absolute atomic E-state index is 13.3. The number of hydrogen-bond donors (Lipinski definition) is 1. The van der Waals surface area contributed by atoms with Gasteiger partial charge in [0.15, 0.2) is 0 Å². The Bertz CT molecular complexity index is 509. The van der Waals surface area contributed by atoms with Crippen LogP contribution in [0.3, 0.4) is 0 Å². The summed E-state index contributed by atoms with van der Waals surface area (Å²) < 4.78 is 0. The number of hydrogen-bond acceptors (Lipinski definition) is 3. The van der Waals surface area contributed by atoms with Crippen molar-refractivity contribution in [2.75, 3.05) is 39.3 Å². The van der Waals surface area contributed by atoms with Gasteiger partial charge in [-0.05, 0) is 57.4 Å². The van der Waals surface area contributed by atoms with Crippen LogP contribution < -0.4 is 5.32 Å². The minimum Gasteiger partial charge on any atom is -0.342 e. The fourth-order valence-corrected chi connectivity index (χ4v) is 5.69. The van der Waals surface area contributed by atoms with E-state index in [2.05, 4.69) is 15.1 Å². The van der Waals surface area contributed by atoms with Crippen molar-refractivity contribution in [2.45, 2.75) is 57.8 Å². The molecule has 0 aromatic rings. The Balaban J connectivity index is 1.35. The zero-order chi connectivity index (χ0) is 17.3. The van der Waals surface area contributed by atoms with Gasteiger partial charge in [-0.2, -0.15) is 0 Å². The molecule has 3 saturated heterocycles. The lowest BCUT2D eigenvalue weighted by Crippen LogP contribution is -2.53. The number of fused-ring (bicyclic) bond motifs is 1. The first kappa shape index (κ1) is 17.3. The van der Waals surface area contributed by atoms with Crippen molar-refractivity contribution in [3.63, 3.8) is 0 Å². The highest BCUT2D eigenvalue weighted by Crippen LogP contribution is 2.45. The largest absolute Gasteiger partial charge is 0.342 e. The molecule has 4 fully saturated rings. The molecule has 4 rings (SSSR count). The molecule has 0 radical (unpaired) electrons. The third kappa shape index (κ3) is 3.20. The fraction of sp³-hybridized carbons (Fsp3) is 0.900. The van der Waals surface area contributed by atoms with Crippen LogP contribution >= 0.6 is 0 Å². The average molecular weight is 348 g/mol. The van der Waals surface area contributed by atoms with Gasteiger partial charge in [0.2, 0.25) is 11.8 Å². The summed E-state index contributed by atoms with van der Waals surface area (Å²) in [5, 5.41) is 3.49. The van der Waals surface area contributed by atoms with Crippen LogP contribution in [0.1, 0.15) is 57.8 Å². The lowest BCUT2D eigenvalue weighted by molar-refractivity contribution is -0.149. The predicted molar refractivity (Wildman–Crippen MR) is 97.0 cm³/mol. The molecule has 2 amide bonds. The van der Waals surface area contributed by atoms with Crippen LogP contribution in [-0.2, 0) is 9.59 Å². The molecular weight excluding hydrogens is 314 g/mol. The maximum atomic E-state index is 13.3. The molecule has 5 heteroatoms. The second-order valence-corrected chi connectivity index (χ2v) is 8.68. The van der Waals surface area contributed by atoms with Crippen LogP contribution in [0, 0.1) is 17.3 Å². The van der Waals surface area contributed by atoms with E-state index >= 15 is 0 Å². The quantitative estimate of drug-likeness (QED) is 0.831. The van der Waals surface area contributed by atoms with Crippen LogP contribution in [0.15, 0.2) is 0 Å². The van der Waals surface area contributed by atoms with E-state index < -0.39 is 0 Å². The number of likely N-dealkylation sites (tertiary alicyclic amines) is 2. The lowest BCUT2D eigenvalue weighted by Gasteiger charge is -2.43. The van der Waals surface area contributed by atoms with E-state index in [1.165, 1.54) is 25.7 Å². The van der Waals surface area contributed by atoms with Crippen LogP contribution in [0.25, 0.3) is 0 Å². The molecule has 3 heterocycles. The molecule has 0 aromatic carbocycles. The van der Waals surface area contributed by atoms with E-state index in [1.807, 2.05) is 0 Å². The number of nitrogens with zero attached hydrogens (tertiary/aromatic N) is 2. The van der Waals surface area contributed by atoms with Crippen LogP contribution in [0.5, 0.6) is 0 Å². The van der Waals surface area contributed by atoms with E-state index in [1.54, 1.807) is 0 Å². The van der Waals surface area contributed by atoms with Crippen molar-refractivity contribution in [3.8, 4) is 0 Å². The summed E-state index contributed by atoms with van der Waals surface area (Å²) in [6.45, 7) is 5.30. The zero-order valence-electron chi connectivity index (χ0n) is 15.5. The summed E-state index contributed by atoms with van der Waals surface area (Å²) in [6.07, 6.45) is 9.98. The minimum absolute atomic E-state index is 0.137. The Kier molecular flexibility index (Phi) is 5.03. The highest BCUT2D eigenvalue weighted by molar-refractivity contribution is 5.85.